The summed E-state index contributed by atoms with van der Waals surface area (Å²) in [6.07, 6.45) is 0. The van der Waals surface area contributed by atoms with Crippen molar-refractivity contribution in [3.05, 3.63) is 83.4 Å². The molecule has 0 spiro atoms. The van der Waals surface area contributed by atoms with Crippen LogP contribution in [0.1, 0.15) is 28.4 Å². The van der Waals surface area contributed by atoms with Gasteiger partial charge in [0.15, 0.2) is 0 Å². The molecular weight excluding hydrogens is 332 g/mol. The molecule has 0 aromatic heterocycles. The van der Waals surface area contributed by atoms with Gasteiger partial charge in [-0.25, -0.2) is 4.79 Å². The Morgan fingerprint density at radius 3 is 2.15 bits per heavy atom. The van der Waals surface area contributed by atoms with E-state index in [1.807, 2.05) is 26.0 Å². The lowest BCUT2D eigenvalue weighted by molar-refractivity contribution is 0.0526. The van der Waals surface area contributed by atoms with Crippen LogP contribution in [0, 0.1) is 13.8 Å². The van der Waals surface area contributed by atoms with E-state index in [4.69, 9.17) is 4.74 Å². The Balaban J connectivity index is 2.15. The van der Waals surface area contributed by atoms with Crippen molar-refractivity contribution in [3.63, 3.8) is 0 Å². The van der Waals surface area contributed by atoms with Gasteiger partial charge in [-0.2, -0.15) is 0 Å². The zero-order chi connectivity index (χ0) is 19.0. The topological polar surface area (TPSA) is 26.3 Å². The summed E-state index contributed by atoms with van der Waals surface area (Å²) in [6, 6.07) is 22.9. The van der Waals surface area contributed by atoms with Gasteiger partial charge >= 0.3 is 5.97 Å². The van der Waals surface area contributed by atoms with E-state index in [1.54, 1.807) is 0 Å². The van der Waals surface area contributed by atoms with E-state index in [2.05, 4.69) is 61.5 Å². The van der Waals surface area contributed by atoms with E-state index in [0.717, 1.165) is 21.9 Å². The number of rotatable bonds is 3. The quantitative estimate of drug-likeness (QED) is 0.395. The Morgan fingerprint density at radius 2 is 1.44 bits per heavy atom. The van der Waals surface area contributed by atoms with Crippen molar-refractivity contribution in [2.24, 2.45) is 0 Å². The van der Waals surface area contributed by atoms with Gasteiger partial charge in [-0.15, -0.1) is 0 Å². The molecule has 0 aliphatic heterocycles. The molecule has 0 heterocycles. The Kier molecular flexibility index (Phi) is 4.41. The van der Waals surface area contributed by atoms with Gasteiger partial charge in [0, 0.05) is 0 Å². The summed E-state index contributed by atoms with van der Waals surface area (Å²) in [4.78, 5) is 12.6. The third-order valence-corrected chi connectivity index (χ3v) is 5.19. The van der Waals surface area contributed by atoms with Crippen LogP contribution in [0.5, 0.6) is 0 Å². The monoisotopic (exact) mass is 354 g/mol. The predicted molar refractivity (Wildman–Crippen MR) is 112 cm³/mol. The first-order valence-corrected chi connectivity index (χ1v) is 9.30. The number of esters is 1. The molecule has 0 aliphatic rings. The zero-order valence-corrected chi connectivity index (χ0v) is 15.9. The highest BCUT2D eigenvalue weighted by Crippen LogP contribution is 2.40. The Hall–Kier alpha value is -3.13. The van der Waals surface area contributed by atoms with Crippen molar-refractivity contribution in [1.82, 2.24) is 0 Å². The lowest BCUT2D eigenvalue weighted by Crippen LogP contribution is -2.08. The fourth-order valence-electron chi connectivity index (χ4n) is 3.91. The maximum absolute atomic E-state index is 12.6. The molecule has 0 N–H and O–H groups in total. The summed E-state index contributed by atoms with van der Waals surface area (Å²) in [5.41, 5.74) is 5.10. The van der Waals surface area contributed by atoms with E-state index in [0.29, 0.717) is 12.2 Å². The highest BCUT2D eigenvalue weighted by Gasteiger charge is 2.19. The number of carbonyl (C=O) groups excluding carboxylic acids is 1. The van der Waals surface area contributed by atoms with Crippen molar-refractivity contribution in [3.8, 4) is 11.1 Å². The van der Waals surface area contributed by atoms with Crippen LogP contribution >= 0.6 is 0 Å². The highest BCUT2D eigenvalue weighted by molar-refractivity contribution is 6.11. The van der Waals surface area contributed by atoms with Crippen LogP contribution in [-0.2, 0) is 4.74 Å². The van der Waals surface area contributed by atoms with Crippen molar-refractivity contribution >= 4 is 27.5 Å². The predicted octanol–water partition coefficient (Wildman–Crippen LogP) is 6.45. The van der Waals surface area contributed by atoms with E-state index < -0.39 is 0 Å². The number of aryl methyl sites for hydroxylation is 1. The Morgan fingerprint density at radius 1 is 0.815 bits per heavy atom. The Bertz CT molecular complexity index is 1170. The standard InChI is InChI=1S/C25H22O2/c1-4-27-25(26)22-15-19-10-6-8-12-21(19)24(17(22)3)23-16(2)13-14-18-9-5-7-11-20(18)23/h5-15H,4H2,1-3H3. The molecule has 2 heteroatoms. The number of carbonyl (C=O) groups is 1. The second-order valence-electron chi connectivity index (χ2n) is 6.84. The second-order valence-corrected chi connectivity index (χ2v) is 6.84. The minimum Gasteiger partial charge on any atom is -0.462 e. The summed E-state index contributed by atoms with van der Waals surface area (Å²) >= 11 is 0. The van der Waals surface area contributed by atoms with Crippen LogP contribution in [0.3, 0.4) is 0 Å². The third kappa shape index (κ3) is 2.87. The lowest BCUT2D eigenvalue weighted by Gasteiger charge is -2.18. The normalized spacial score (nSPS) is 11.1. The lowest BCUT2D eigenvalue weighted by atomic mass is 9.86. The van der Waals surface area contributed by atoms with Crippen LogP contribution in [0.4, 0.5) is 0 Å². The molecule has 0 saturated heterocycles. The minimum absolute atomic E-state index is 0.264. The SMILES string of the molecule is CCOC(=O)c1cc2ccccc2c(-c2c(C)ccc3ccccc23)c1C. The van der Waals surface area contributed by atoms with Crippen LogP contribution in [-0.4, -0.2) is 12.6 Å². The van der Waals surface area contributed by atoms with E-state index in [1.165, 1.54) is 21.9 Å². The largest absolute Gasteiger partial charge is 0.462 e. The molecular formula is C25H22O2. The molecule has 0 unspecified atom stereocenters. The molecule has 27 heavy (non-hydrogen) atoms. The average molecular weight is 354 g/mol. The molecule has 0 bridgehead atoms. The summed E-state index contributed by atoms with van der Waals surface area (Å²) in [7, 11) is 0. The Labute approximate surface area is 159 Å². The molecule has 134 valence electrons. The van der Waals surface area contributed by atoms with Crippen molar-refractivity contribution in [2.45, 2.75) is 20.8 Å². The van der Waals surface area contributed by atoms with Crippen LogP contribution in [0.25, 0.3) is 32.7 Å². The zero-order valence-electron chi connectivity index (χ0n) is 15.9. The number of fused-ring (bicyclic) bond motifs is 2. The van der Waals surface area contributed by atoms with Gasteiger partial charge in [-0.3, -0.25) is 0 Å². The summed E-state index contributed by atoms with van der Waals surface area (Å²) in [5, 5.41) is 4.60. The van der Waals surface area contributed by atoms with Gasteiger partial charge in [0.1, 0.15) is 0 Å². The van der Waals surface area contributed by atoms with Gasteiger partial charge in [-0.05, 0) is 70.6 Å². The van der Waals surface area contributed by atoms with Gasteiger partial charge < -0.3 is 4.74 Å². The maximum atomic E-state index is 12.6. The fourth-order valence-corrected chi connectivity index (χ4v) is 3.91. The average Bonchev–Trinajstić information content (AvgIpc) is 2.68. The molecule has 0 amide bonds. The number of hydrogen-bond donors (Lipinski definition) is 0. The van der Waals surface area contributed by atoms with Gasteiger partial charge in [0.25, 0.3) is 0 Å². The van der Waals surface area contributed by atoms with Crippen LogP contribution < -0.4 is 0 Å². The number of ether oxygens (including phenoxy) is 1. The molecule has 0 atom stereocenters. The van der Waals surface area contributed by atoms with E-state index >= 15 is 0 Å². The molecule has 0 saturated carbocycles. The first-order valence-electron chi connectivity index (χ1n) is 9.30. The van der Waals surface area contributed by atoms with Gasteiger partial charge in [0.05, 0.1) is 12.2 Å². The van der Waals surface area contributed by atoms with Gasteiger partial charge in [-0.1, -0.05) is 60.7 Å². The van der Waals surface area contributed by atoms with Crippen LogP contribution in [0.15, 0.2) is 66.7 Å². The van der Waals surface area contributed by atoms with Crippen molar-refractivity contribution in [1.29, 1.82) is 0 Å². The van der Waals surface area contributed by atoms with E-state index in [-0.39, 0.29) is 5.97 Å². The fraction of sp³-hybridized carbons (Fsp3) is 0.160. The third-order valence-electron chi connectivity index (χ3n) is 5.19. The molecule has 4 aromatic carbocycles. The summed E-state index contributed by atoms with van der Waals surface area (Å²) < 4.78 is 5.33. The van der Waals surface area contributed by atoms with E-state index in [9.17, 15) is 4.79 Å². The molecule has 4 aromatic rings. The molecule has 4 rings (SSSR count). The minimum atomic E-state index is -0.264. The summed E-state index contributed by atoms with van der Waals surface area (Å²) in [5.74, 6) is -0.264. The van der Waals surface area contributed by atoms with Crippen molar-refractivity contribution < 1.29 is 9.53 Å². The van der Waals surface area contributed by atoms with Crippen LogP contribution in [0.2, 0.25) is 0 Å². The van der Waals surface area contributed by atoms with Crippen molar-refractivity contribution in [2.75, 3.05) is 6.61 Å². The molecule has 0 aliphatic carbocycles. The highest BCUT2D eigenvalue weighted by atomic mass is 16.5. The number of benzene rings is 4. The smallest absolute Gasteiger partial charge is 0.338 e. The second kappa shape index (κ2) is 6.88. The first kappa shape index (κ1) is 17.3. The first-order chi connectivity index (χ1) is 13.1. The molecule has 2 nitrogen and oxygen atoms in total. The molecule has 0 radical (unpaired) electrons. The maximum Gasteiger partial charge on any atom is 0.338 e. The van der Waals surface area contributed by atoms with Gasteiger partial charge in [0.2, 0.25) is 0 Å². The summed E-state index contributed by atoms with van der Waals surface area (Å²) in [6.45, 7) is 6.36. The number of hydrogen-bond acceptors (Lipinski definition) is 2. The molecule has 0 fully saturated rings.